The number of carbonyl (C=O) groups is 1. The highest BCUT2D eigenvalue weighted by Gasteiger charge is 2.23. The number of nitrogens with zero attached hydrogens (tertiary/aromatic N) is 2. The Balaban J connectivity index is 1.85. The molecule has 0 spiro atoms. The van der Waals surface area contributed by atoms with Crippen LogP contribution in [0.3, 0.4) is 0 Å². The maximum absolute atomic E-state index is 13.8. The van der Waals surface area contributed by atoms with E-state index in [0.29, 0.717) is 0 Å². The Morgan fingerprint density at radius 2 is 1.87 bits per heavy atom. The SMILES string of the molecule is O=C(NCc1ccccc1F)c1c(O)c2cccnc2n(-c2cccc(F)c2)c1=O. The molecule has 0 saturated heterocycles. The molecule has 30 heavy (non-hydrogen) atoms. The molecular formula is C22H15F2N3O3. The number of fused-ring (bicyclic) bond motifs is 1. The quantitative estimate of drug-likeness (QED) is 0.544. The number of benzene rings is 2. The predicted molar refractivity (Wildman–Crippen MR) is 107 cm³/mol. The van der Waals surface area contributed by atoms with E-state index in [-0.39, 0.29) is 28.8 Å². The predicted octanol–water partition coefficient (Wildman–Crippen LogP) is 3.30. The van der Waals surface area contributed by atoms with E-state index in [1.807, 2.05) is 0 Å². The Bertz CT molecular complexity index is 1340. The molecule has 150 valence electrons. The fourth-order valence-electron chi connectivity index (χ4n) is 3.17. The van der Waals surface area contributed by atoms with Crippen LogP contribution in [-0.2, 0) is 6.54 Å². The lowest BCUT2D eigenvalue weighted by molar-refractivity contribution is 0.0946. The van der Waals surface area contributed by atoms with Crippen molar-refractivity contribution >= 4 is 16.9 Å². The molecule has 0 atom stereocenters. The summed E-state index contributed by atoms with van der Waals surface area (Å²) in [5.41, 5.74) is -0.993. The van der Waals surface area contributed by atoms with Gasteiger partial charge in [0, 0.05) is 18.3 Å². The third-order valence-electron chi connectivity index (χ3n) is 4.60. The third-order valence-corrected chi connectivity index (χ3v) is 4.60. The third kappa shape index (κ3) is 3.39. The molecule has 8 heteroatoms. The second-order valence-electron chi connectivity index (χ2n) is 6.49. The van der Waals surface area contributed by atoms with Gasteiger partial charge in [0.15, 0.2) is 5.65 Å². The molecule has 0 saturated carbocycles. The fraction of sp³-hybridized carbons (Fsp3) is 0.0455. The molecule has 0 aliphatic carbocycles. The lowest BCUT2D eigenvalue weighted by Crippen LogP contribution is -2.33. The largest absolute Gasteiger partial charge is 0.506 e. The van der Waals surface area contributed by atoms with Crippen molar-refractivity contribution in [1.29, 1.82) is 0 Å². The van der Waals surface area contributed by atoms with Gasteiger partial charge in [-0.2, -0.15) is 0 Å². The smallest absolute Gasteiger partial charge is 0.273 e. The van der Waals surface area contributed by atoms with Crippen LogP contribution in [0.4, 0.5) is 8.78 Å². The molecule has 2 aromatic heterocycles. The second kappa shape index (κ2) is 7.75. The number of rotatable bonds is 4. The first kappa shape index (κ1) is 19.3. The van der Waals surface area contributed by atoms with E-state index in [2.05, 4.69) is 10.3 Å². The van der Waals surface area contributed by atoms with Gasteiger partial charge in [-0.05, 0) is 36.4 Å². The maximum Gasteiger partial charge on any atom is 0.273 e. The monoisotopic (exact) mass is 407 g/mol. The summed E-state index contributed by atoms with van der Waals surface area (Å²) in [6.45, 7) is -0.185. The van der Waals surface area contributed by atoms with E-state index in [1.54, 1.807) is 6.07 Å². The van der Waals surface area contributed by atoms with Gasteiger partial charge < -0.3 is 10.4 Å². The number of hydrogen-bond donors (Lipinski definition) is 2. The molecule has 4 rings (SSSR count). The summed E-state index contributed by atoms with van der Waals surface area (Å²) < 4.78 is 28.6. The highest BCUT2D eigenvalue weighted by molar-refractivity contribution is 6.02. The summed E-state index contributed by atoms with van der Waals surface area (Å²) in [4.78, 5) is 30.0. The maximum atomic E-state index is 13.8. The molecule has 1 amide bonds. The van der Waals surface area contributed by atoms with E-state index in [4.69, 9.17) is 0 Å². The number of aromatic hydroxyl groups is 1. The van der Waals surface area contributed by atoms with Crippen molar-refractivity contribution in [3.63, 3.8) is 0 Å². The van der Waals surface area contributed by atoms with Crippen LogP contribution >= 0.6 is 0 Å². The summed E-state index contributed by atoms with van der Waals surface area (Å²) in [5, 5.41) is 13.2. The lowest BCUT2D eigenvalue weighted by atomic mass is 10.1. The Labute approximate surface area is 169 Å². The van der Waals surface area contributed by atoms with Crippen molar-refractivity contribution in [3.05, 3.63) is 100.0 Å². The first-order valence-corrected chi connectivity index (χ1v) is 8.97. The Kier molecular flexibility index (Phi) is 4.97. The molecule has 2 N–H and O–H groups in total. The van der Waals surface area contributed by atoms with Crippen LogP contribution in [0.25, 0.3) is 16.7 Å². The molecule has 4 aromatic rings. The summed E-state index contributed by atoms with van der Waals surface area (Å²) in [6, 6.07) is 14.1. The summed E-state index contributed by atoms with van der Waals surface area (Å²) >= 11 is 0. The van der Waals surface area contributed by atoms with E-state index in [9.17, 15) is 23.5 Å². The molecule has 6 nitrogen and oxygen atoms in total. The minimum absolute atomic E-state index is 0.0660. The van der Waals surface area contributed by atoms with Gasteiger partial charge in [0.05, 0.1) is 11.1 Å². The fourth-order valence-corrected chi connectivity index (χ4v) is 3.17. The lowest BCUT2D eigenvalue weighted by Gasteiger charge is -2.14. The van der Waals surface area contributed by atoms with Crippen LogP contribution in [0.2, 0.25) is 0 Å². The van der Waals surface area contributed by atoms with E-state index in [0.717, 1.165) is 10.6 Å². The van der Waals surface area contributed by atoms with Crippen LogP contribution in [0.15, 0.2) is 71.7 Å². The second-order valence-corrected chi connectivity index (χ2v) is 6.49. The van der Waals surface area contributed by atoms with Gasteiger partial charge in [-0.25, -0.2) is 13.8 Å². The zero-order valence-electron chi connectivity index (χ0n) is 15.5. The normalized spacial score (nSPS) is 10.9. The van der Waals surface area contributed by atoms with E-state index < -0.39 is 34.4 Å². The Morgan fingerprint density at radius 3 is 2.63 bits per heavy atom. The van der Waals surface area contributed by atoms with Crippen LogP contribution in [0.5, 0.6) is 5.75 Å². The van der Waals surface area contributed by atoms with Crippen molar-refractivity contribution < 1.29 is 18.7 Å². The van der Waals surface area contributed by atoms with Gasteiger partial charge in [-0.15, -0.1) is 0 Å². The standard InChI is InChI=1S/C22H15F2N3O3/c23-14-6-3-7-15(11-14)27-20-16(8-4-10-25-20)19(28)18(22(27)30)21(29)26-12-13-5-1-2-9-17(13)24/h1-11,28H,12H2,(H,26,29). The molecule has 0 unspecified atom stereocenters. The first-order chi connectivity index (χ1) is 14.5. The summed E-state index contributed by atoms with van der Waals surface area (Å²) in [7, 11) is 0. The van der Waals surface area contributed by atoms with Crippen LogP contribution in [-0.4, -0.2) is 20.6 Å². The highest BCUT2D eigenvalue weighted by atomic mass is 19.1. The van der Waals surface area contributed by atoms with Crippen LogP contribution in [0.1, 0.15) is 15.9 Å². The number of aromatic nitrogens is 2. The average Bonchev–Trinajstić information content (AvgIpc) is 2.73. The van der Waals surface area contributed by atoms with Gasteiger partial charge in [0.25, 0.3) is 11.5 Å². The van der Waals surface area contributed by atoms with Crippen molar-refractivity contribution in [3.8, 4) is 11.4 Å². The van der Waals surface area contributed by atoms with Gasteiger partial charge in [-0.3, -0.25) is 14.2 Å². The van der Waals surface area contributed by atoms with Gasteiger partial charge in [-0.1, -0.05) is 24.3 Å². The van der Waals surface area contributed by atoms with Crippen LogP contribution < -0.4 is 10.9 Å². The van der Waals surface area contributed by atoms with Crippen molar-refractivity contribution in [2.24, 2.45) is 0 Å². The molecule has 0 bridgehead atoms. The average molecular weight is 407 g/mol. The first-order valence-electron chi connectivity index (χ1n) is 8.97. The molecule has 0 aliphatic heterocycles. The van der Waals surface area contributed by atoms with Gasteiger partial charge in [0.2, 0.25) is 0 Å². The minimum Gasteiger partial charge on any atom is -0.506 e. The van der Waals surface area contributed by atoms with Crippen molar-refractivity contribution in [1.82, 2.24) is 14.9 Å². The molecule has 2 heterocycles. The summed E-state index contributed by atoms with van der Waals surface area (Å²) in [6.07, 6.45) is 1.41. The van der Waals surface area contributed by atoms with Crippen molar-refractivity contribution in [2.45, 2.75) is 6.54 Å². The van der Waals surface area contributed by atoms with Crippen LogP contribution in [0, 0.1) is 11.6 Å². The molecular weight excluding hydrogens is 392 g/mol. The Morgan fingerprint density at radius 1 is 1.07 bits per heavy atom. The molecule has 2 aromatic carbocycles. The number of carbonyl (C=O) groups excluding carboxylic acids is 1. The van der Waals surface area contributed by atoms with E-state index in [1.165, 1.54) is 54.7 Å². The topological polar surface area (TPSA) is 84.2 Å². The molecule has 0 aliphatic rings. The number of halogens is 2. The number of nitrogens with one attached hydrogen (secondary N) is 1. The minimum atomic E-state index is -0.892. The number of amides is 1. The van der Waals surface area contributed by atoms with Gasteiger partial charge in [0.1, 0.15) is 22.9 Å². The highest BCUT2D eigenvalue weighted by Crippen LogP contribution is 2.27. The zero-order valence-corrected chi connectivity index (χ0v) is 15.5. The number of hydrogen-bond acceptors (Lipinski definition) is 4. The van der Waals surface area contributed by atoms with E-state index >= 15 is 0 Å². The number of pyridine rings is 2. The molecule has 0 fully saturated rings. The van der Waals surface area contributed by atoms with Gasteiger partial charge >= 0.3 is 0 Å². The summed E-state index contributed by atoms with van der Waals surface area (Å²) in [5.74, 6) is -2.54. The van der Waals surface area contributed by atoms with Crippen molar-refractivity contribution in [2.75, 3.05) is 0 Å². The Hall–Kier alpha value is -4.07. The zero-order chi connectivity index (χ0) is 21.3. The molecule has 0 radical (unpaired) electrons.